The summed E-state index contributed by atoms with van der Waals surface area (Å²) in [7, 11) is 3.07. The predicted octanol–water partition coefficient (Wildman–Crippen LogP) is 0.234. The number of hydrogen-bond donors (Lipinski definition) is 1. The van der Waals surface area contributed by atoms with Crippen LogP contribution in [0.15, 0.2) is 12.3 Å². The van der Waals surface area contributed by atoms with Crippen molar-refractivity contribution in [2.45, 2.75) is 6.42 Å². The molecule has 13 heavy (non-hydrogen) atoms. The van der Waals surface area contributed by atoms with E-state index in [0.717, 1.165) is 0 Å². The van der Waals surface area contributed by atoms with E-state index in [4.69, 9.17) is 0 Å². The van der Waals surface area contributed by atoms with Crippen LogP contribution >= 0.6 is 0 Å². The standard InChI is InChI=1S/C8H11N3O2/c1-9-8-10-4-3-6(11-8)5-7(12)13-2/h3-4H,5H2,1-2H3,(H,9,10,11). The zero-order valence-electron chi connectivity index (χ0n) is 7.57. The molecule has 1 N–H and O–H groups in total. The van der Waals surface area contributed by atoms with Gasteiger partial charge in [0, 0.05) is 13.2 Å². The van der Waals surface area contributed by atoms with Crippen LogP contribution in [0.1, 0.15) is 5.69 Å². The van der Waals surface area contributed by atoms with Gasteiger partial charge in [-0.3, -0.25) is 4.79 Å². The number of anilines is 1. The molecule has 0 radical (unpaired) electrons. The molecule has 0 aliphatic rings. The molecule has 1 aromatic rings. The highest BCUT2D eigenvalue weighted by molar-refractivity contribution is 5.71. The maximum Gasteiger partial charge on any atom is 0.311 e. The van der Waals surface area contributed by atoms with Gasteiger partial charge in [0.25, 0.3) is 0 Å². The summed E-state index contributed by atoms with van der Waals surface area (Å²) < 4.78 is 4.51. The number of nitrogens with one attached hydrogen (secondary N) is 1. The van der Waals surface area contributed by atoms with Gasteiger partial charge in [0.1, 0.15) is 0 Å². The third kappa shape index (κ3) is 2.70. The molecule has 0 saturated heterocycles. The largest absolute Gasteiger partial charge is 0.469 e. The number of nitrogens with zero attached hydrogens (tertiary/aromatic N) is 2. The van der Waals surface area contributed by atoms with Gasteiger partial charge in [0.2, 0.25) is 5.95 Å². The lowest BCUT2D eigenvalue weighted by atomic mass is 10.3. The van der Waals surface area contributed by atoms with E-state index < -0.39 is 0 Å². The molecule has 1 rings (SSSR count). The Kier molecular flexibility index (Phi) is 3.19. The van der Waals surface area contributed by atoms with Crippen LogP contribution in [0.4, 0.5) is 5.95 Å². The summed E-state index contributed by atoms with van der Waals surface area (Å²) in [6, 6.07) is 1.68. The Bertz CT molecular complexity index is 301. The lowest BCUT2D eigenvalue weighted by Crippen LogP contribution is -2.07. The second-order valence-electron chi connectivity index (χ2n) is 2.37. The molecule has 1 heterocycles. The number of rotatable bonds is 3. The van der Waals surface area contributed by atoms with Crippen LogP contribution in [0.3, 0.4) is 0 Å². The number of carbonyl (C=O) groups excluding carboxylic acids is 1. The summed E-state index contributed by atoms with van der Waals surface area (Å²) in [5.74, 6) is 0.196. The average molecular weight is 181 g/mol. The minimum atomic E-state index is -0.305. The third-order valence-corrected chi connectivity index (χ3v) is 1.49. The molecule has 5 heteroatoms. The molecule has 0 unspecified atom stereocenters. The zero-order valence-corrected chi connectivity index (χ0v) is 7.57. The summed E-state index contributed by atoms with van der Waals surface area (Å²) in [6.07, 6.45) is 1.77. The van der Waals surface area contributed by atoms with Gasteiger partial charge < -0.3 is 10.1 Å². The summed E-state index contributed by atoms with van der Waals surface area (Å²) in [4.78, 5) is 18.9. The minimum absolute atomic E-state index is 0.174. The molecule has 1 aromatic heterocycles. The van der Waals surface area contributed by atoms with E-state index in [1.807, 2.05) is 0 Å². The van der Waals surface area contributed by atoms with Crippen molar-refractivity contribution in [1.82, 2.24) is 9.97 Å². The molecule has 0 atom stereocenters. The number of hydrogen-bond acceptors (Lipinski definition) is 5. The molecule has 0 saturated carbocycles. The Morgan fingerprint density at radius 1 is 1.69 bits per heavy atom. The van der Waals surface area contributed by atoms with Crippen molar-refractivity contribution in [3.8, 4) is 0 Å². The molecular weight excluding hydrogens is 170 g/mol. The molecule has 0 aliphatic heterocycles. The summed E-state index contributed by atoms with van der Waals surface area (Å²) in [5, 5.41) is 2.78. The van der Waals surface area contributed by atoms with Gasteiger partial charge in [0.05, 0.1) is 19.2 Å². The van der Waals surface area contributed by atoms with Crippen LogP contribution in [0, 0.1) is 0 Å². The maximum absolute atomic E-state index is 10.9. The van der Waals surface area contributed by atoms with Gasteiger partial charge in [-0.15, -0.1) is 0 Å². The van der Waals surface area contributed by atoms with E-state index in [-0.39, 0.29) is 12.4 Å². The van der Waals surface area contributed by atoms with E-state index in [1.54, 1.807) is 19.3 Å². The van der Waals surface area contributed by atoms with Crippen molar-refractivity contribution >= 4 is 11.9 Å². The minimum Gasteiger partial charge on any atom is -0.469 e. The first-order valence-corrected chi connectivity index (χ1v) is 3.82. The normalized spacial score (nSPS) is 9.38. The van der Waals surface area contributed by atoms with Crippen molar-refractivity contribution in [2.75, 3.05) is 19.5 Å². The van der Waals surface area contributed by atoms with Crippen molar-refractivity contribution < 1.29 is 9.53 Å². The zero-order chi connectivity index (χ0) is 9.68. The molecule has 0 spiro atoms. The van der Waals surface area contributed by atoms with E-state index in [1.165, 1.54) is 7.11 Å². The third-order valence-electron chi connectivity index (χ3n) is 1.49. The van der Waals surface area contributed by atoms with Crippen LogP contribution in [-0.4, -0.2) is 30.1 Å². The van der Waals surface area contributed by atoms with Crippen LogP contribution < -0.4 is 5.32 Å². The highest BCUT2D eigenvalue weighted by atomic mass is 16.5. The first-order valence-electron chi connectivity index (χ1n) is 3.82. The molecule has 70 valence electrons. The summed E-state index contributed by atoms with van der Waals surface area (Å²) in [5.41, 5.74) is 0.645. The quantitative estimate of drug-likeness (QED) is 0.676. The monoisotopic (exact) mass is 181 g/mol. The fourth-order valence-electron chi connectivity index (χ4n) is 0.835. The topological polar surface area (TPSA) is 64.1 Å². The van der Waals surface area contributed by atoms with E-state index >= 15 is 0 Å². The number of carbonyl (C=O) groups is 1. The van der Waals surface area contributed by atoms with Gasteiger partial charge in [0.15, 0.2) is 0 Å². The molecule has 0 aromatic carbocycles. The number of ether oxygens (including phenoxy) is 1. The summed E-state index contributed by atoms with van der Waals surface area (Å²) >= 11 is 0. The lowest BCUT2D eigenvalue weighted by molar-refractivity contribution is -0.139. The molecule has 0 aliphatic carbocycles. The Balaban J connectivity index is 2.71. The van der Waals surface area contributed by atoms with Crippen molar-refractivity contribution in [1.29, 1.82) is 0 Å². The van der Waals surface area contributed by atoms with Crippen LogP contribution in [0.25, 0.3) is 0 Å². The molecule has 5 nitrogen and oxygen atoms in total. The lowest BCUT2D eigenvalue weighted by Gasteiger charge is -2.01. The molecule has 0 bridgehead atoms. The number of esters is 1. The number of methoxy groups -OCH3 is 1. The summed E-state index contributed by atoms with van der Waals surface area (Å²) in [6.45, 7) is 0. The maximum atomic E-state index is 10.9. The Morgan fingerprint density at radius 3 is 3.08 bits per heavy atom. The molecule has 0 fully saturated rings. The first kappa shape index (κ1) is 9.44. The Hall–Kier alpha value is -1.65. The van der Waals surface area contributed by atoms with E-state index in [0.29, 0.717) is 11.6 Å². The molecular formula is C8H11N3O2. The van der Waals surface area contributed by atoms with Crippen molar-refractivity contribution in [3.63, 3.8) is 0 Å². The Morgan fingerprint density at radius 2 is 2.46 bits per heavy atom. The molecule has 0 amide bonds. The average Bonchev–Trinajstić information content (AvgIpc) is 2.18. The fourth-order valence-corrected chi connectivity index (χ4v) is 0.835. The smallest absolute Gasteiger partial charge is 0.311 e. The second-order valence-corrected chi connectivity index (χ2v) is 2.37. The van der Waals surface area contributed by atoms with Crippen LogP contribution in [-0.2, 0) is 16.0 Å². The highest BCUT2D eigenvalue weighted by Gasteiger charge is 2.04. The van der Waals surface area contributed by atoms with E-state index in [9.17, 15) is 4.79 Å². The van der Waals surface area contributed by atoms with Gasteiger partial charge in [-0.25, -0.2) is 9.97 Å². The van der Waals surface area contributed by atoms with E-state index in [2.05, 4.69) is 20.0 Å². The van der Waals surface area contributed by atoms with Crippen LogP contribution in [0.2, 0.25) is 0 Å². The van der Waals surface area contributed by atoms with Gasteiger partial charge in [-0.05, 0) is 6.07 Å². The fraction of sp³-hybridized carbons (Fsp3) is 0.375. The van der Waals surface area contributed by atoms with Gasteiger partial charge in [-0.2, -0.15) is 0 Å². The number of aromatic nitrogens is 2. The first-order chi connectivity index (χ1) is 6.26. The predicted molar refractivity (Wildman–Crippen MR) is 47.3 cm³/mol. The van der Waals surface area contributed by atoms with Gasteiger partial charge >= 0.3 is 5.97 Å². The van der Waals surface area contributed by atoms with Crippen molar-refractivity contribution in [2.24, 2.45) is 0 Å². The SMILES string of the molecule is CNc1nccc(CC(=O)OC)n1. The van der Waals surface area contributed by atoms with Crippen LogP contribution in [0.5, 0.6) is 0 Å². The van der Waals surface area contributed by atoms with Gasteiger partial charge in [-0.1, -0.05) is 0 Å². The van der Waals surface area contributed by atoms with Crippen molar-refractivity contribution in [3.05, 3.63) is 18.0 Å². The highest BCUT2D eigenvalue weighted by Crippen LogP contribution is 2.00. The second kappa shape index (κ2) is 4.39. The Labute approximate surface area is 76.2 Å².